The van der Waals surface area contributed by atoms with E-state index in [4.69, 9.17) is 9.47 Å². The Kier molecular flexibility index (Phi) is 11.7. The lowest BCUT2D eigenvalue weighted by molar-refractivity contribution is -0.123. The number of nitrogens with one attached hydrogen (secondary N) is 3. The molecule has 2 aliphatic heterocycles. The first kappa shape index (κ1) is 26.3. The van der Waals surface area contributed by atoms with E-state index in [9.17, 15) is 9.59 Å². The number of nitrogens with zero attached hydrogens (tertiary/aromatic N) is 2. The van der Waals surface area contributed by atoms with Crippen molar-refractivity contribution in [3.05, 3.63) is 35.4 Å². The van der Waals surface area contributed by atoms with E-state index in [1.54, 1.807) is 17.0 Å². The number of carbonyl (C=O) groups is 2. The van der Waals surface area contributed by atoms with E-state index < -0.39 is 0 Å². The molecule has 0 radical (unpaired) electrons. The van der Waals surface area contributed by atoms with Gasteiger partial charge in [0, 0.05) is 45.0 Å². The molecule has 2 fully saturated rings. The molecule has 32 heavy (non-hydrogen) atoms. The first-order chi connectivity index (χ1) is 15.2. The lowest BCUT2D eigenvalue weighted by Crippen LogP contribution is -2.49. The number of hydrogen-bond acceptors (Lipinski definition) is 5. The van der Waals surface area contributed by atoms with E-state index in [0.29, 0.717) is 38.4 Å². The van der Waals surface area contributed by atoms with Gasteiger partial charge in [0.2, 0.25) is 5.91 Å². The highest BCUT2D eigenvalue weighted by Gasteiger charge is 2.22. The summed E-state index contributed by atoms with van der Waals surface area (Å²) in [6, 6.07) is 7.40. The summed E-state index contributed by atoms with van der Waals surface area (Å²) in [7, 11) is 0. The Morgan fingerprint density at radius 1 is 1.31 bits per heavy atom. The molecule has 2 amide bonds. The maximum atomic E-state index is 12.5. The SMILES string of the molecule is CCNC(=NCc1ccc(C(=O)N2CCNC(=O)C2)cc1)NCCCOC1CCOC1.I. The smallest absolute Gasteiger partial charge is 0.254 e. The molecule has 0 aliphatic carbocycles. The Labute approximate surface area is 206 Å². The zero-order valence-corrected chi connectivity index (χ0v) is 20.9. The Morgan fingerprint density at radius 2 is 2.12 bits per heavy atom. The molecule has 1 atom stereocenters. The van der Waals surface area contributed by atoms with Crippen LogP contribution in [-0.4, -0.2) is 81.3 Å². The summed E-state index contributed by atoms with van der Waals surface area (Å²) in [5.74, 6) is 0.519. The molecule has 0 aromatic heterocycles. The van der Waals surface area contributed by atoms with Crippen LogP contribution < -0.4 is 16.0 Å². The molecule has 1 aromatic carbocycles. The zero-order chi connectivity index (χ0) is 21.9. The second-order valence-corrected chi connectivity index (χ2v) is 7.61. The largest absolute Gasteiger partial charge is 0.379 e. The molecule has 3 N–H and O–H groups in total. The van der Waals surface area contributed by atoms with Crippen LogP contribution in [0.25, 0.3) is 0 Å². The number of benzene rings is 1. The first-order valence-corrected chi connectivity index (χ1v) is 11.0. The van der Waals surface area contributed by atoms with Crippen molar-refractivity contribution < 1.29 is 19.1 Å². The van der Waals surface area contributed by atoms with Crippen LogP contribution in [-0.2, 0) is 20.8 Å². The van der Waals surface area contributed by atoms with E-state index in [-0.39, 0.29) is 48.4 Å². The van der Waals surface area contributed by atoms with Crippen LogP contribution in [0.4, 0.5) is 0 Å². The van der Waals surface area contributed by atoms with E-state index in [1.165, 1.54) is 0 Å². The van der Waals surface area contributed by atoms with Gasteiger partial charge in [0.05, 0.1) is 25.8 Å². The summed E-state index contributed by atoms with van der Waals surface area (Å²) < 4.78 is 11.1. The first-order valence-electron chi connectivity index (χ1n) is 11.0. The number of guanidine groups is 1. The van der Waals surface area contributed by atoms with Gasteiger partial charge in [0.15, 0.2) is 5.96 Å². The van der Waals surface area contributed by atoms with Crippen molar-refractivity contribution in [3.8, 4) is 0 Å². The minimum absolute atomic E-state index is 0. The molecule has 0 bridgehead atoms. The van der Waals surface area contributed by atoms with Crippen molar-refractivity contribution in [2.24, 2.45) is 4.99 Å². The minimum Gasteiger partial charge on any atom is -0.379 e. The van der Waals surface area contributed by atoms with Gasteiger partial charge in [-0.05, 0) is 37.5 Å². The van der Waals surface area contributed by atoms with Gasteiger partial charge in [0.1, 0.15) is 0 Å². The van der Waals surface area contributed by atoms with Crippen molar-refractivity contribution in [2.45, 2.75) is 32.4 Å². The van der Waals surface area contributed by atoms with Crippen LogP contribution in [0.5, 0.6) is 0 Å². The topological polar surface area (TPSA) is 104 Å². The zero-order valence-electron chi connectivity index (χ0n) is 18.6. The van der Waals surface area contributed by atoms with Gasteiger partial charge in [-0.3, -0.25) is 9.59 Å². The number of carbonyl (C=O) groups excluding carboxylic acids is 2. The number of hydrogen-bond donors (Lipinski definition) is 3. The van der Waals surface area contributed by atoms with Crippen molar-refractivity contribution in [1.29, 1.82) is 0 Å². The summed E-state index contributed by atoms with van der Waals surface area (Å²) in [6.45, 7) is 7.44. The van der Waals surface area contributed by atoms with Gasteiger partial charge in [-0.2, -0.15) is 0 Å². The van der Waals surface area contributed by atoms with Crippen LogP contribution in [0.15, 0.2) is 29.3 Å². The number of amides is 2. The van der Waals surface area contributed by atoms with E-state index in [1.807, 2.05) is 19.1 Å². The fraction of sp³-hybridized carbons (Fsp3) is 0.591. The highest BCUT2D eigenvalue weighted by Crippen LogP contribution is 2.10. The summed E-state index contributed by atoms with van der Waals surface area (Å²) in [6.07, 6.45) is 2.12. The summed E-state index contributed by atoms with van der Waals surface area (Å²) in [5.41, 5.74) is 1.59. The maximum Gasteiger partial charge on any atom is 0.254 e. The Morgan fingerprint density at radius 3 is 2.81 bits per heavy atom. The predicted molar refractivity (Wildman–Crippen MR) is 133 cm³/mol. The minimum atomic E-state index is -0.119. The molecule has 0 saturated carbocycles. The molecule has 1 aromatic rings. The average molecular weight is 559 g/mol. The van der Waals surface area contributed by atoms with Gasteiger partial charge in [-0.15, -0.1) is 24.0 Å². The van der Waals surface area contributed by atoms with Crippen LogP contribution in [0.1, 0.15) is 35.7 Å². The van der Waals surface area contributed by atoms with Crippen LogP contribution in [0, 0.1) is 0 Å². The third-order valence-corrected chi connectivity index (χ3v) is 5.15. The van der Waals surface area contributed by atoms with E-state index >= 15 is 0 Å². The average Bonchev–Trinajstić information content (AvgIpc) is 3.30. The molecular weight excluding hydrogens is 525 g/mol. The molecule has 0 spiro atoms. The molecule has 2 saturated heterocycles. The quantitative estimate of drug-likeness (QED) is 0.182. The van der Waals surface area contributed by atoms with Crippen molar-refractivity contribution in [3.63, 3.8) is 0 Å². The molecular formula is C22H34IN5O4. The molecule has 10 heteroatoms. The third-order valence-electron chi connectivity index (χ3n) is 5.15. The monoisotopic (exact) mass is 559 g/mol. The number of halogens is 1. The summed E-state index contributed by atoms with van der Waals surface area (Å²) in [5, 5.41) is 9.29. The van der Waals surface area contributed by atoms with Gasteiger partial charge in [-0.1, -0.05) is 12.1 Å². The Hall–Kier alpha value is -1.92. The van der Waals surface area contributed by atoms with Crippen LogP contribution >= 0.6 is 24.0 Å². The number of piperazine rings is 1. The highest BCUT2D eigenvalue weighted by atomic mass is 127. The molecule has 1 unspecified atom stereocenters. The maximum absolute atomic E-state index is 12.5. The van der Waals surface area contributed by atoms with E-state index in [0.717, 1.165) is 44.1 Å². The van der Waals surface area contributed by atoms with Crippen molar-refractivity contribution in [2.75, 3.05) is 52.5 Å². The lowest BCUT2D eigenvalue weighted by Gasteiger charge is -2.26. The fourth-order valence-electron chi connectivity index (χ4n) is 3.43. The highest BCUT2D eigenvalue weighted by molar-refractivity contribution is 14.0. The van der Waals surface area contributed by atoms with E-state index in [2.05, 4.69) is 20.9 Å². The normalized spacial score (nSPS) is 18.7. The molecule has 178 valence electrons. The summed E-state index contributed by atoms with van der Waals surface area (Å²) in [4.78, 5) is 30.2. The molecule has 3 rings (SSSR count). The number of aliphatic imine (C=N–C) groups is 1. The Balaban J connectivity index is 0.00000363. The Bertz CT molecular complexity index is 753. The van der Waals surface area contributed by atoms with Gasteiger partial charge in [-0.25, -0.2) is 4.99 Å². The van der Waals surface area contributed by atoms with Gasteiger partial charge < -0.3 is 30.3 Å². The second-order valence-electron chi connectivity index (χ2n) is 7.61. The molecule has 2 heterocycles. The molecule has 2 aliphatic rings. The van der Waals surface area contributed by atoms with Gasteiger partial charge in [0.25, 0.3) is 5.91 Å². The van der Waals surface area contributed by atoms with Crippen molar-refractivity contribution in [1.82, 2.24) is 20.9 Å². The fourth-order valence-corrected chi connectivity index (χ4v) is 3.43. The van der Waals surface area contributed by atoms with Crippen molar-refractivity contribution >= 4 is 41.8 Å². The summed E-state index contributed by atoms with van der Waals surface area (Å²) >= 11 is 0. The number of rotatable bonds is 9. The standard InChI is InChI=1S/C22H33N5O4.HI/c1-2-23-22(25-9-3-12-31-19-8-13-30-16-19)26-14-17-4-6-18(7-5-17)21(29)27-11-10-24-20(28)15-27;/h4-7,19H,2-3,8-16H2,1H3,(H,24,28)(H2,23,25,26);1H. The molecule has 9 nitrogen and oxygen atoms in total. The number of ether oxygens (including phenoxy) is 2. The second kappa shape index (κ2) is 14.3. The lowest BCUT2D eigenvalue weighted by atomic mass is 10.1. The third kappa shape index (κ3) is 8.55. The van der Waals surface area contributed by atoms with Crippen LogP contribution in [0.3, 0.4) is 0 Å². The predicted octanol–water partition coefficient (Wildman–Crippen LogP) is 1.13. The van der Waals surface area contributed by atoms with Crippen LogP contribution in [0.2, 0.25) is 0 Å². The van der Waals surface area contributed by atoms with Gasteiger partial charge >= 0.3 is 0 Å².